The predicted octanol–water partition coefficient (Wildman–Crippen LogP) is 0.144. The highest BCUT2D eigenvalue weighted by molar-refractivity contribution is 5.74. The number of nitrogens with zero attached hydrogens (tertiary/aromatic N) is 2. The van der Waals surface area contributed by atoms with Crippen molar-refractivity contribution in [2.24, 2.45) is 0 Å². The fraction of sp³-hybridized carbons (Fsp3) is 0.500. The maximum absolute atomic E-state index is 11.0. The summed E-state index contributed by atoms with van der Waals surface area (Å²) >= 11 is 0. The Morgan fingerprint density at radius 3 is 3.00 bits per heavy atom. The fourth-order valence-corrected chi connectivity index (χ4v) is 2.19. The lowest BCUT2D eigenvalue weighted by Gasteiger charge is -2.20. The summed E-state index contributed by atoms with van der Waals surface area (Å²) in [6, 6.07) is 5.12. The summed E-state index contributed by atoms with van der Waals surface area (Å²) in [5.41, 5.74) is 0.943. The van der Waals surface area contributed by atoms with Crippen LogP contribution < -0.4 is 0 Å². The molecule has 0 aliphatic carbocycles. The van der Waals surface area contributed by atoms with Crippen molar-refractivity contribution >= 4 is 5.97 Å². The molecule has 2 atom stereocenters. The van der Waals surface area contributed by atoms with Gasteiger partial charge in [-0.15, -0.1) is 0 Å². The molecule has 92 valence electrons. The average molecular weight is 236 g/mol. The van der Waals surface area contributed by atoms with E-state index in [4.69, 9.17) is 5.11 Å². The summed E-state index contributed by atoms with van der Waals surface area (Å²) < 4.78 is 0. The van der Waals surface area contributed by atoms with E-state index in [1.807, 2.05) is 23.1 Å². The SMILES string of the molecule is O=C(O)C1CC(O)CN1CCc1ccccn1. The van der Waals surface area contributed by atoms with Crippen LogP contribution in [0.5, 0.6) is 0 Å². The second-order valence-electron chi connectivity index (χ2n) is 4.31. The number of aromatic nitrogens is 1. The lowest BCUT2D eigenvalue weighted by molar-refractivity contribution is -0.142. The smallest absolute Gasteiger partial charge is 0.321 e. The Kier molecular flexibility index (Phi) is 3.71. The summed E-state index contributed by atoms with van der Waals surface area (Å²) in [5, 5.41) is 18.5. The van der Waals surface area contributed by atoms with Gasteiger partial charge in [0.1, 0.15) is 6.04 Å². The molecule has 0 radical (unpaired) electrons. The summed E-state index contributed by atoms with van der Waals surface area (Å²) in [4.78, 5) is 17.0. The van der Waals surface area contributed by atoms with Crippen LogP contribution >= 0.6 is 0 Å². The molecule has 0 spiro atoms. The number of aliphatic carboxylic acids is 1. The van der Waals surface area contributed by atoms with Gasteiger partial charge in [0.2, 0.25) is 0 Å². The van der Waals surface area contributed by atoms with Crippen molar-refractivity contribution in [2.75, 3.05) is 13.1 Å². The number of aliphatic hydroxyl groups excluding tert-OH is 1. The maximum atomic E-state index is 11.0. The molecule has 1 aromatic rings. The minimum absolute atomic E-state index is 0.317. The van der Waals surface area contributed by atoms with Gasteiger partial charge >= 0.3 is 5.97 Å². The third-order valence-electron chi connectivity index (χ3n) is 3.05. The Bertz CT molecular complexity index is 383. The number of hydrogen-bond acceptors (Lipinski definition) is 4. The molecular formula is C12H16N2O3. The number of carbonyl (C=O) groups is 1. The van der Waals surface area contributed by atoms with Crippen LogP contribution in [0.2, 0.25) is 0 Å². The lowest BCUT2D eigenvalue weighted by atomic mass is 10.2. The molecule has 0 bridgehead atoms. The molecule has 0 saturated carbocycles. The van der Waals surface area contributed by atoms with Gasteiger partial charge in [-0.2, -0.15) is 0 Å². The van der Waals surface area contributed by atoms with E-state index < -0.39 is 18.1 Å². The van der Waals surface area contributed by atoms with E-state index in [2.05, 4.69) is 4.98 Å². The zero-order chi connectivity index (χ0) is 12.3. The zero-order valence-electron chi connectivity index (χ0n) is 9.49. The highest BCUT2D eigenvalue weighted by atomic mass is 16.4. The first-order valence-corrected chi connectivity index (χ1v) is 5.71. The van der Waals surface area contributed by atoms with E-state index in [9.17, 15) is 9.90 Å². The van der Waals surface area contributed by atoms with E-state index in [0.717, 1.165) is 5.69 Å². The molecule has 2 unspecified atom stereocenters. The van der Waals surface area contributed by atoms with Crippen molar-refractivity contribution in [2.45, 2.75) is 25.0 Å². The molecule has 1 aliphatic heterocycles. The molecule has 2 heterocycles. The number of pyridine rings is 1. The van der Waals surface area contributed by atoms with Crippen LogP contribution in [0.1, 0.15) is 12.1 Å². The van der Waals surface area contributed by atoms with Gasteiger partial charge in [0, 0.05) is 37.8 Å². The molecule has 0 aromatic carbocycles. The normalized spacial score (nSPS) is 25.0. The number of carboxylic acid groups (broad SMARTS) is 1. The summed E-state index contributed by atoms with van der Waals surface area (Å²) in [7, 11) is 0. The minimum atomic E-state index is -0.859. The third-order valence-corrected chi connectivity index (χ3v) is 3.05. The van der Waals surface area contributed by atoms with Crippen molar-refractivity contribution in [3.8, 4) is 0 Å². The van der Waals surface area contributed by atoms with Crippen LogP contribution in [-0.4, -0.2) is 51.3 Å². The first kappa shape index (κ1) is 12.0. The van der Waals surface area contributed by atoms with Gasteiger partial charge in [0.25, 0.3) is 0 Å². The number of carboxylic acids is 1. The van der Waals surface area contributed by atoms with Crippen LogP contribution in [0, 0.1) is 0 Å². The number of hydrogen-bond donors (Lipinski definition) is 2. The summed E-state index contributed by atoms with van der Waals surface area (Å²) in [6.45, 7) is 1.05. The van der Waals surface area contributed by atoms with Gasteiger partial charge < -0.3 is 10.2 Å². The van der Waals surface area contributed by atoms with Gasteiger partial charge in [0.05, 0.1) is 6.10 Å². The van der Waals surface area contributed by atoms with Crippen molar-refractivity contribution in [1.29, 1.82) is 0 Å². The van der Waals surface area contributed by atoms with E-state index in [-0.39, 0.29) is 0 Å². The predicted molar refractivity (Wildman–Crippen MR) is 61.6 cm³/mol. The molecule has 5 nitrogen and oxygen atoms in total. The standard InChI is InChI=1S/C12H16N2O3/c15-10-7-11(12(16)17)14(8-10)6-4-9-3-1-2-5-13-9/h1-3,5,10-11,15H,4,6-8H2,(H,16,17). The molecule has 1 fully saturated rings. The Morgan fingerprint density at radius 2 is 2.35 bits per heavy atom. The van der Waals surface area contributed by atoms with Gasteiger partial charge in [-0.05, 0) is 12.1 Å². The van der Waals surface area contributed by atoms with Crippen molar-refractivity contribution in [1.82, 2.24) is 9.88 Å². The Hall–Kier alpha value is -1.46. The molecule has 5 heteroatoms. The second kappa shape index (κ2) is 5.25. The van der Waals surface area contributed by atoms with Crippen molar-refractivity contribution in [3.63, 3.8) is 0 Å². The molecule has 2 N–H and O–H groups in total. The monoisotopic (exact) mass is 236 g/mol. The Morgan fingerprint density at radius 1 is 1.53 bits per heavy atom. The zero-order valence-corrected chi connectivity index (χ0v) is 9.49. The third kappa shape index (κ3) is 3.01. The van der Waals surface area contributed by atoms with Crippen LogP contribution in [0.4, 0.5) is 0 Å². The fourth-order valence-electron chi connectivity index (χ4n) is 2.19. The molecular weight excluding hydrogens is 220 g/mol. The van der Waals surface area contributed by atoms with E-state index >= 15 is 0 Å². The molecule has 17 heavy (non-hydrogen) atoms. The summed E-state index contributed by atoms with van der Waals surface area (Å²) in [6.07, 6.45) is 2.22. The largest absolute Gasteiger partial charge is 0.480 e. The lowest BCUT2D eigenvalue weighted by Crippen LogP contribution is -2.37. The van der Waals surface area contributed by atoms with Crippen molar-refractivity contribution < 1.29 is 15.0 Å². The number of rotatable bonds is 4. The van der Waals surface area contributed by atoms with Crippen LogP contribution in [0.25, 0.3) is 0 Å². The minimum Gasteiger partial charge on any atom is -0.480 e. The van der Waals surface area contributed by atoms with Crippen LogP contribution in [0.15, 0.2) is 24.4 Å². The van der Waals surface area contributed by atoms with Gasteiger partial charge in [-0.25, -0.2) is 0 Å². The molecule has 1 aliphatic rings. The molecule has 0 amide bonds. The Labute approximate surface area is 99.7 Å². The topological polar surface area (TPSA) is 73.7 Å². The molecule has 1 aromatic heterocycles. The second-order valence-corrected chi connectivity index (χ2v) is 4.31. The highest BCUT2D eigenvalue weighted by Crippen LogP contribution is 2.18. The first-order chi connectivity index (χ1) is 8.16. The maximum Gasteiger partial charge on any atom is 0.321 e. The molecule has 1 saturated heterocycles. The quantitative estimate of drug-likeness (QED) is 0.778. The number of β-amino-alcohol motifs (C(OH)–C–C–N with tert-alkyl or cyclic N) is 1. The number of likely N-dealkylation sites (tertiary alicyclic amines) is 1. The van der Waals surface area contributed by atoms with E-state index in [1.165, 1.54) is 0 Å². The van der Waals surface area contributed by atoms with Crippen LogP contribution in [0.3, 0.4) is 0 Å². The Balaban J connectivity index is 1.92. The van der Waals surface area contributed by atoms with Crippen LogP contribution in [-0.2, 0) is 11.2 Å². The molecule has 2 rings (SSSR count). The summed E-state index contributed by atoms with van der Waals surface area (Å²) in [5.74, 6) is -0.859. The van der Waals surface area contributed by atoms with Gasteiger partial charge in [-0.3, -0.25) is 14.7 Å². The number of aliphatic hydroxyl groups is 1. The first-order valence-electron chi connectivity index (χ1n) is 5.71. The van der Waals surface area contributed by atoms with Gasteiger partial charge in [0.15, 0.2) is 0 Å². The van der Waals surface area contributed by atoms with E-state index in [1.54, 1.807) is 6.20 Å². The van der Waals surface area contributed by atoms with Gasteiger partial charge in [-0.1, -0.05) is 6.07 Å². The van der Waals surface area contributed by atoms with Crippen molar-refractivity contribution in [3.05, 3.63) is 30.1 Å². The highest BCUT2D eigenvalue weighted by Gasteiger charge is 2.35. The van der Waals surface area contributed by atoms with E-state index in [0.29, 0.717) is 25.9 Å². The average Bonchev–Trinajstić information content (AvgIpc) is 2.69.